The van der Waals surface area contributed by atoms with Crippen LogP contribution in [-0.2, 0) is 6.18 Å². The van der Waals surface area contributed by atoms with Gasteiger partial charge in [-0.3, -0.25) is 0 Å². The van der Waals surface area contributed by atoms with E-state index >= 15 is 0 Å². The molecule has 1 aromatic heterocycles. The van der Waals surface area contributed by atoms with E-state index in [1.54, 1.807) is 18.2 Å². The van der Waals surface area contributed by atoms with Crippen LogP contribution in [0.5, 0.6) is 0 Å². The zero-order valence-corrected chi connectivity index (χ0v) is 12.4. The second-order valence-electron chi connectivity index (χ2n) is 5.17. The first-order chi connectivity index (χ1) is 11.8. The van der Waals surface area contributed by atoms with Crippen molar-refractivity contribution in [2.24, 2.45) is 0 Å². The molecule has 0 spiro atoms. The second kappa shape index (κ2) is 6.27. The SMILES string of the molecule is Fc1c(-c2ccccc2)c(C(F)F)nn1-c1ccc(C(F)(F)F)cc1. The summed E-state index contributed by atoms with van der Waals surface area (Å²) in [7, 11) is 0. The van der Waals surface area contributed by atoms with Gasteiger partial charge in [0, 0.05) is 0 Å². The van der Waals surface area contributed by atoms with Crippen molar-refractivity contribution in [1.82, 2.24) is 9.78 Å². The van der Waals surface area contributed by atoms with Crippen LogP contribution in [0.3, 0.4) is 0 Å². The van der Waals surface area contributed by atoms with Gasteiger partial charge in [0.05, 0.1) is 16.8 Å². The fraction of sp³-hybridized carbons (Fsp3) is 0.118. The fourth-order valence-electron chi connectivity index (χ4n) is 2.40. The number of hydrogen-bond donors (Lipinski definition) is 0. The second-order valence-corrected chi connectivity index (χ2v) is 5.17. The largest absolute Gasteiger partial charge is 0.416 e. The van der Waals surface area contributed by atoms with E-state index in [-0.39, 0.29) is 16.8 Å². The van der Waals surface area contributed by atoms with Gasteiger partial charge >= 0.3 is 6.18 Å². The van der Waals surface area contributed by atoms with Gasteiger partial charge < -0.3 is 0 Å². The Balaban J connectivity index is 2.12. The molecule has 2 nitrogen and oxygen atoms in total. The lowest BCUT2D eigenvalue weighted by molar-refractivity contribution is -0.137. The molecule has 1 heterocycles. The monoisotopic (exact) mass is 356 g/mol. The quantitative estimate of drug-likeness (QED) is 0.556. The van der Waals surface area contributed by atoms with Crippen molar-refractivity contribution in [3.05, 3.63) is 71.8 Å². The van der Waals surface area contributed by atoms with Gasteiger partial charge in [-0.15, -0.1) is 0 Å². The molecule has 3 rings (SSSR count). The van der Waals surface area contributed by atoms with Crippen LogP contribution in [0.15, 0.2) is 54.6 Å². The Morgan fingerprint density at radius 1 is 0.880 bits per heavy atom. The van der Waals surface area contributed by atoms with E-state index < -0.39 is 29.8 Å². The summed E-state index contributed by atoms with van der Waals surface area (Å²) in [5.74, 6) is -1.07. The number of halogens is 6. The van der Waals surface area contributed by atoms with Gasteiger partial charge in [0.1, 0.15) is 5.69 Å². The summed E-state index contributed by atoms with van der Waals surface area (Å²) in [6.45, 7) is 0. The van der Waals surface area contributed by atoms with Crippen LogP contribution in [0.2, 0.25) is 0 Å². The molecule has 0 radical (unpaired) electrons. The predicted octanol–water partition coefficient (Wildman–Crippen LogP) is 5.63. The normalized spacial score (nSPS) is 12.0. The molecule has 3 aromatic rings. The molecule has 25 heavy (non-hydrogen) atoms. The summed E-state index contributed by atoms with van der Waals surface area (Å²) < 4.78 is 79.6. The third-order valence-electron chi connectivity index (χ3n) is 3.56. The van der Waals surface area contributed by atoms with Crippen LogP contribution in [-0.4, -0.2) is 9.78 Å². The van der Waals surface area contributed by atoms with Crippen LogP contribution in [0.4, 0.5) is 26.3 Å². The van der Waals surface area contributed by atoms with Gasteiger partial charge in [-0.25, -0.2) is 13.5 Å². The highest BCUT2D eigenvalue weighted by molar-refractivity contribution is 5.67. The topological polar surface area (TPSA) is 17.8 Å². The van der Waals surface area contributed by atoms with E-state index in [2.05, 4.69) is 5.10 Å². The predicted molar refractivity (Wildman–Crippen MR) is 78.9 cm³/mol. The number of aromatic nitrogens is 2. The molecular weight excluding hydrogens is 346 g/mol. The van der Waals surface area contributed by atoms with Crippen molar-refractivity contribution in [2.45, 2.75) is 12.6 Å². The minimum Gasteiger partial charge on any atom is -0.206 e. The van der Waals surface area contributed by atoms with Gasteiger partial charge in [0.2, 0.25) is 5.95 Å². The molecule has 0 aliphatic carbocycles. The number of hydrogen-bond acceptors (Lipinski definition) is 1. The van der Waals surface area contributed by atoms with Crippen LogP contribution < -0.4 is 0 Å². The summed E-state index contributed by atoms with van der Waals surface area (Å²) in [5, 5.41) is 3.56. The minimum absolute atomic E-state index is 0.0884. The fourth-order valence-corrected chi connectivity index (χ4v) is 2.40. The molecule has 130 valence electrons. The summed E-state index contributed by atoms with van der Waals surface area (Å²) in [6.07, 6.45) is -7.59. The first-order valence-electron chi connectivity index (χ1n) is 7.08. The van der Waals surface area contributed by atoms with Crippen molar-refractivity contribution in [2.75, 3.05) is 0 Å². The summed E-state index contributed by atoms with van der Waals surface area (Å²) in [5.41, 5.74) is -1.97. The number of benzene rings is 2. The molecule has 0 amide bonds. The van der Waals surface area contributed by atoms with Gasteiger partial charge in [0.15, 0.2) is 0 Å². The van der Waals surface area contributed by atoms with Gasteiger partial charge in [-0.05, 0) is 29.8 Å². The average Bonchev–Trinajstić information content (AvgIpc) is 2.92. The van der Waals surface area contributed by atoms with E-state index in [9.17, 15) is 26.3 Å². The summed E-state index contributed by atoms with van der Waals surface area (Å²) >= 11 is 0. The van der Waals surface area contributed by atoms with Crippen LogP contribution >= 0.6 is 0 Å². The number of alkyl halides is 5. The lowest BCUT2D eigenvalue weighted by Crippen LogP contribution is -2.06. The maximum Gasteiger partial charge on any atom is 0.416 e. The highest BCUT2D eigenvalue weighted by atomic mass is 19.4. The summed E-state index contributed by atoms with van der Waals surface area (Å²) in [6, 6.07) is 11.1. The minimum atomic E-state index is -4.55. The molecule has 0 fully saturated rings. The Kier molecular flexibility index (Phi) is 4.28. The molecule has 0 aliphatic rings. The standard InChI is InChI=1S/C17H10F6N2/c18-15(19)14-13(10-4-2-1-3-5-10)16(20)25(24-14)12-8-6-11(7-9-12)17(21,22)23/h1-9,15H. The highest BCUT2D eigenvalue weighted by Gasteiger charge is 2.31. The number of nitrogens with zero attached hydrogens (tertiary/aromatic N) is 2. The number of rotatable bonds is 3. The smallest absolute Gasteiger partial charge is 0.206 e. The molecule has 2 aromatic carbocycles. The average molecular weight is 356 g/mol. The van der Waals surface area contributed by atoms with Crippen molar-refractivity contribution < 1.29 is 26.3 Å². The molecule has 0 aliphatic heterocycles. The van der Waals surface area contributed by atoms with E-state index in [0.717, 1.165) is 24.3 Å². The third-order valence-corrected chi connectivity index (χ3v) is 3.56. The zero-order valence-electron chi connectivity index (χ0n) is 12.4. The van der Waals surface area contributed by atoms with Gasteiger partial charge in [-0.2, -0.15) is 22.7 Å². The molecule has 0 atom stereocenters. The Labute approximate surface area is 138 Å². The maximum absolute atomic E-state index is 14.7. The highest BCUT2D eigenvalue weighted by Crippen LogP contribution is 2.34. The Morgan fingerprint density at radius 3 is 2.00 bits per heavy atom. The van der Waals surface area contributed by atoms with E-state index in [1.165, 1.54) is 12.1 Å². The van der Waals surface area contributed by atoms with E-state index in [0.29, 0.717) is 4.68 Å². The summed E-state index contributed by atoms with van der Waals surface area (Å²) in [4.78, 5) is 0. The van der Waals surface area contributed by atoms with E-state index in [1.807, 2.05) is 0 Å². The maximum atomic E-state index is 14.7. The molecule has 0 unspecified atom stereocenters. The Bertz CT molecular complexity index is 867. The first-order valence-corrected chi connectivity index (χ1v) is 7.08. The molecule has 0 bridgehead atoms. The van der Waals surface area contributed by atoms with Gasteiger partial charge in [0.25, 0.3) is 6.43 Å². The molecule has 8 heteroatoms. The van der Waals surface area contributed by atoms with Crippen LogP contribution in [0.1, 0.15) is 17.7 Å². The van der Waals surface area contributed by atoms with Crippen LogP contribution in [0, 0.1) is 5.95 Å². The Hall–Kier alpha value is -2.77. The third kappa shape index (κ3) is 3.24. The van der Waals surface area contributed by atoms with Gasteiger partial charge in [-0.1, -0.05) is 30.3 Å². The Morgan fingerprint density at radius 2 is 1.48 bits per heavy atom. The van der Waals surface area contributed by atoms with Crippen molar-refractivity contribution in [3.8, 4) is 16.8 Å². The van der Waals surface area contributed by atoms with Crippen LogP contribution in [0.25, 0.3) is 16.8 Å². The molecule has 0 saturated heterocycles. The lowest BCUT2D eigenvalue weighted by Gasteiger charge is -2.08. The van der Waals surface area contributed by atoms with Crippen molar-refractivity contribution >= 4 is 0 Å². The van der Waals surface area contributed by atoms with Crippen molar-refractivity contribution in [3.63, 3.8) is 0 Å². The zero-order chi connectivity index (χ0) is 18.2. The molecular formula is C17H10F6N2. The van der Waals surface area contributed by atoms with E-state index in [4.69, 9.17) is 0 Å². The molecule has 0 N–H and O–H groups in total. The molecule has 0 saturated carbocycles. The first kappa shape index (κ1) is 17.1. The lowest BCUT2D eigenvalue weighted by atomic mass is 10.1. The van der Waals surface area contributed by atoms with Crippen molar-refractivity contribution in [1.29, 1.82) is 0 Å².